The lowest BCUT2D eigenvalue weighted by Gasteiger charge is -2.19. The van der Waals surface area contributed by atoms with Crippen LogP contribution in [0.3, 0.4) is 0 Å². The molecule has 1 aromatic heterocycles. The van der Waals surface area contributed by atoms with Crippen LogP contribution in [0, 0.1) is 0 Å². The van der Waals surface area contributed by atoms with Crippen molar-refractivity contribution in [3.8, 4) is 0 Å². The quantitative estimate of drug-likeness (QED) is 0.816. The molecule has 10 heteroatoms. The van der Waals surface area contributed by atoms with E-state index in [1.54, 1.807) is 6.07 Å². The summed E-state index contributed by atoms with van der Waals surface area (Å²) in [5.74, 6) is -0.0135. The summed E-state index contributed by atoms with van der Waals surface area (Å²) in [6, 6.07) is 5.85. The number of hydrogen-bond acceptors (Lipinski definition) is 3. The van der Waals surface area contributed by atoms with Gasteiger partial charge in [0.1, 0.15) is 17.3 Å². The van der Waals surface area contributed by atoms with Gasteiger partial charge in [0.05, 0.1) is 11.6 Å². The number of halogens is 4. The van der Waals surface area contributed by atoms with Crippen LogP contribution in [0.25, 0.3) is 0 Å². The zero-order valence-corrected chi connectivity index (χ0v) is 13.5. The van der Waals surface area contributed by atoms with E-state index in [1.165, 1.54) is 31.4 Å². The van der Waals surface area contributed by atoms with Crippen LogP contribution in [-0.2, 0) is 23.1 Å². The van der Waals surface area contributed by atoms with Gasteiger partial charge in [-0.3, -0.25) is 0 Å². The van der Waals surface area contributed by atoms with Gasteiger partial charge >= 0.3 is 6.18 Å². The summed E-state index contributed by atoms with van der Waals surface area (Å²) in [6.07, 6.45) is -2.08. The fraction of sp³-hybridized carbons (Fsp3) is 0.308. The minimum Gasteiger partial charge on any atom is -0.325 e. The molecule has 1 aromatic carbocycles. The highest BCUT2D eigenvalue weighted by molar-refractivity contribution is 7.89. The lowest BCUT2D eigenvalue weighted by atomic mass is 10.4. The van der Waals surface area contributed by atoms with Gasteiger partial charge in [-0.15, -0.1) is 0 Å². The SMILES string of the molecule is CN(Cc1nccn1CC(F)(F)F)S(=O)(=O)c1ccccc1Cl. The van der Waals surface area contributed by atoms with E-state index >= 15 is 0 Å². The predicted octanol–water partition coefficient (Wildman–Crippen LogP) is 2.92. The Morgan fingerprint density at radius 1 is 1.30 bits per heavy atom. The second-order valence-corrected chi connectivity index (χ2v) is 7.20. The summed E-state index contributed by atoms with van der Waals surface area (Å²) >= 11 is 5.88. The maximum atomic E-state index is 12.5. The van der Waals surface area contributed by atoms with E-state index < -0.39 is 22.7 Å². The van der Waals surface area contributed by atoms with E-state index in [0.29, 0.717) is 0 Å². The Morgan fingerprint density at radius 3 is 2.57 bits per heavy atom. The average Bonchev–Trinajstić information content (AvgIpc) is 2.84. The third-order valence-corrected chi connectivity index (χ3v) is 5.34. The van der Waals surface area contributed by atoms with Gasteiger partial charge in [0.15, 0.2) is 0 Å². The topological polar surface area (TPSA) is 55.2 Å². The van der Waals surface area contributed by atoms with Crippen molar-refractivity contribution in [2.24, 2.45) is 0 Å². The molecule has 0 saturated heterocycles. The largest absolute Gasteiger partial charge is 0.406 e. The van der Waals surface area contributed by atoms with Crippen molar-refractivity contribution in [2.75, 3.05) is 7.05 Å². The van der Waals surface area contributed by atoms with Gasteiger partial charge < -0.3 is 4.57 Å². The van der Waals surface area contributed by atoms with Gasteiger partial charge in [0, 0.05) is 19.4 Å². The molecule has 0 radical (unpaired) electrons. The number of aromatic nitrogens is 2. The van der Waals surface area contributed by atoms with E-state index in [4.69, 9.17) is 11.6 Å². The highest BCUT2D eigenvalue weighted by Gasteiger charge is 2.30. The zero-order chi connectivity index (χ0) is 17.3. The molecule has 0 unspecified atom stereocenters. The molecule has 126 valence electrons. The maximum Gasteiger partial charge on any atom is 0.406 e. The lowest BCUT2D eigenvalue weighted by Crippen LogP contribution is -2.29. The van der Waals surface area contributed by atoms with Crippen molar-refractivity contribution in [1.29, 1.82) is 0 Å². The monoisotopic (exact) mass is 367 g/mol. The minimum atomic E-state index is -4.42. The summed E-state index contributed by atoms with van der Waals surface area (Å²) in [4.78, 5) is 3.68. The molecule has 0 N–H and O–H groups in total. The van der Waals surface area contributed by atoms with E-state index in [1.807, 2.05) is 0 Å². The van der Waals surface area contributed by atoms with Crippen molar-refractivity contribution in [3.05, 3.63) is 47.5 Å². The first-order valence-electron chi connectivity index (χ1n) is 6.39. The van der Waals surface area contributed by atoms with Gasteiger partial charge in [0.2, 0.25) is 10.0 Å². The number of nitrogens with zero attached hydrogens (tertiary/aromatic N) is 3. The number of benzene rings is 1. The van der Waals surface area contributed by atoms with E-state index in [9.17, 15) is 21.6 Å². The Hall–Kier alpha value is -1.58. The molecule has 0 spiro atoms. The highest BCUT2D eigenvalue weighted by atomic mass is 35.5. The van der Waals surface area contributed by atoms with Gasteiger partial charge in [-0.1, -0.05) is 23.7 Å². The molecule has 0 fully saturated rings. The summed E-state index contributed by atoms with van der Waals surface area (Å²) in [7, 11) is -2.68. The summed E-state index contributed by atoms with van der Waals surface area (Å²) < 4.78 is 64.2. The molecule has 0 amide bonds. The van der Waals surface area contributed by atoms with Gasteiger partial charge in [-0.25, -0.2) is 13.4 Å². The van der Waals surface area contributed by atoms with Crippen LogP contribution in [0.2, 0.25) is 5.02 Å². The first-order chi connectivity index (χ1) is 10.6. The Balaban J connectivity index is 2.25. The van der Waals surface area contributed by atoms with Gasteiger partial charge in [-0.05, 0) is 12.1 Å². The van der Waals surface area contributed by atoms with Crippen molar-refractivity contribution in [3.63, 3.8) is 0 Å². The molecule has 0 aliphatic heterocycles. The smallest absolute Gasteiger partial charge is 0.325 e. The average molecular weight is 368 g/mol. The standard InChI is InChI=1S/C13H13ClF3N3O2S/c1-19(23(21,22)11-5-3-2-4-10(11)14)8-12-18-6-7-20(12)9-13(15,16)17/h2-7H,8-9H2,1H3. The van der Waals surface area contributed by atoms with E-state index in [-0.39, 0.29) is 22.3 Å². The Morgan fingerprint density at radius 2 is 1.96 bits per heavy atom. The molecule has 0 aliphatic carbocycles. The third kappa shape index (κ3) is 4.24. The van der Waals surface area contributed by atoms with Crippen LogP contribution >= 0.6 is 11.6 Å². The highest BCUT2D eigenvalue weighted by Crippen LogP contribution is 2.25. The summed E-state index contributed by atoms with van der Waals surface area (Å²) in [5.41, 5.74) is 0. The molecule has 23 heavy (non-hydrogen) atoms. The Bertz CT molecular complexity index is 790. The van der Waals surface area contributed by atoms with Crippen molar-refractivity contribution in [2.45, 2.75) is 24.2 Å². The molecular weight excluding hydrogens is 355 g/mol. The molecule has 2 aromatic rings. The number of sulfonamides is 1. The van der Waals surface area contributed by atoms with Crippen LogP contribution in [0.15, 0.2) is 41.6 Å². The number of rotatable bonds is 5. The molecule has 5 nitrogen and oxygen atoms in total. The van der Waals surface area contributed by atoms with E-state index in [2.05, 4.69) is 4.98 Å². The number of alkyl halides is 3. The molecule has 1 heterocycles. The Labute approximate surface area is 136 Å². The first kappa shape index (κ1) is 17.8. The van der Waals surface area contributed by atoms with Crippen LogP contribution in [0.5, 0.6) is 0 Å². The molecular formula is C13H13ClF3N3O2S. The molecule has 0 bridgehead atoms. The normalized spacial score (nSPS) is 12.8. The van der Waals surface area contributed by atoms with Crippen LogP contribution in [0.1, 0.15) is 5.82 Å². The van der Waals surface area contributed by atoms with Crippen molar-refractivity contribution < 1.29 is 21.6 Å². The van der Waals surface area contributed by atoms with Crippen molar-refractivity contribution in [1.82, 2.24) is 13.9 Å². The van der Waals surface area contributed by atoms with Gasteiger partial charge in [0.25, 0.3) is 0 Å². The molecule has 0 saturated carbocycles. The van der Waals surface area contributed by atoms with Crippen LogP contribution in [0.4, 0.5) is 13.2 Å². The number of hydrogen-bond donors (Lipinski definition) is 0. The number of imidazole rings is 1. The third-order valence-electron chi connectivity index (χ3n) is 3.04. The van der Waals surface area contributed by atoms with Crippen molar-refractivity contribution >= 4 is 21.6 Å². The summed E-state index contributed by atoms with van der Waals surface area (Å²) in [6.45, 7) is -1.54. The molecule has 0 atom stereocenters. The second kappa shape index (κ2) is 6.50. The van der Waals surface area contributed by atoms with Crippen LogP contribution in [-0.4, -0.2) is 35.5 Å². The summed E-state index contributed by atoms with van der Waals surface area (Å²) in [5, 5.41) is 0.0398. The minimum absolute atomic E-state index is 0.0135. The maximum absolute atomic E-state index is 12.5. The van der Waals surface area contributed by atoms with Gasteiger partial charge in [-0.2, -0.15) is 17.5 Å². The lowest BCUT2D eigenvalue weighted by molar-refractivity contribution is -0.141. The zero-order valence-electron chi connectivity index (χ0n) is 12.0. The molecule has 0 aliphatic rings. The fourth-order valence-electron chi connectivity index (χ4n) is 1.93. The first-order valence-corrected chi connectivity index (χ1v) is 8.21. The molecule has 2 rings (SSSR count). The second-order valence-electron chi connectivity index (χ2n) is 4.78. The Kier molecular flexibility index (Phi) is 5.02. The fourth-order valence-corrected chi connectivity index (χ4v) is 3.55. The van der Waals surface area contributed by atoms with E-state index in [0.717, 1.165) is 15.1 Å². The van der Waals surface area contributed by atoms with Crippen LogP contribution < -0.4 is 0 Å². The predicted molar refractivity (Wildman–Crippen MR) is 78.4 cm³/mol.